The molecule has 0 aliphatic heterocycles. The van der Waals surface area contributed by atoms with Crippen LogP contribution in [0.15, 0.2) is 54.6 Å². The summed E-state index contributed by atoms with van der Waals surface area (Å²) in [5.74, 6) is -2.24. The van der Waals surface area contributed by atoms with Crippen LogP contribution >= 0.6 is 7.60 Å². The third-order valence-corrected chi connectivity index (χ3v) is 4.68. The lowest BCUT2D eigenvalue weighted by molar-refractivity contribution is -0.146. The zero-order chi connectivity index (χ0) is 16.9. The minimum atomic E-state index is -4.08. The fraction of sp³-hybridized carbons (Fsp3) is 0.133. The van der Waals surface area contributed by atoms with Crippen molar-refractivity contribution in [3.8, 4) is 5.75 Å². The highest BCUT2D eigenvalue weighted by Gasteiger charge is 2.35. The summed E-state index contributed by atoms with van der Waals surface area (Å²) < 4.78 is 21.7. The van der Waals surface area contributed by atoms with Crippen molar-refractivity contribution in [3.05, 3.63) is 60.2 Å². The van der Waals surface area contributed by atoms with E-state index in [0.29, 0.717) is 11.3 Å². The quantitative estimate of drug-likeness (QED) is 0.307. The molecule has 0 amide bonds. The van der Waals surface area contributed by atoms with Crippen molar-refractivity contribution in [1.29, 1.82) is 0 Å². The van der Waals surface area contributed by atoms with E-state index in [0.717, 1.165) is 0 Å². The number of rotatable bonds is 7. The predicted octanol–water partition coefficient (Wildman–Crippen LogP) is 3.20. The van der Waals surface area contributed by atoms with Crippen LogP contribution in [0, 0.1) is 0 Å². The van der Waals surface area contributed by atoms with Crippen LogP contribution in [0.2, 0.25) is 0 Å². The molecule has 2 rings (SSSR count). The second-order valence-electron chi connectivity index (χ2n) is 4.84. The highest BCUT2D eigenvalue weighted by Crippen LogP contribution is 2.50. The lowest BCUT2D eigenvalue weighted by Crippen LogP contribution is -2.18. The summed E-state index contributed by atoms with van der Waals surface area (Å²) in [6.45, 7) is 0. The summed E-state index contributed by atoms with van der Waals surface area (Å²) >= 11 is 0. The van der Waals surface area contributed by atoms with Gasteiger partial charge in [0, 0.05) is 5.69 Å². The van der Waals surface area contributed by atoms with Crippen molar-refractivity contribution in [2.24, 2.45) is 0 Å². The summed E-state index contributed by atoms with van der Waals surface area (Å²) in [5, 5.41) is 18.4. The number of carboxylic acids is 1. The Morgan fingerprint density at radius 1 is 1.17 bits per heavy atom. The molecule has 4 N–H and O–H groups in total. The van der Waals surface area contributed by atoms with Gasteiger partial charge in [0.2, 0.25) is 0 Å². The van der Waals surface area contributed by atoms with Gasteiger partial charge < -0.3 is 15.4 Å². The van der Waals surface area contributed by atoms with E-state index in [1.807, 2.05) is 0 Å². The van der Waals surface area contributed by atoms with Crippen molar-refractivity contribution in [1.82, 2.24) is 0 Å². The first-order valence-electron chi connectivity index (χ1n) is 6.68. The number of carboxylic acid groups (broad SMARTS) is 1. The van der Waals surface area contributed by atoms with Crippen LogP contribution in [-0.4, -0.2) is 22.5 Å². The number of nitrogen functional groups attached to an aromatic ring is 1. The summed E-state index contributed by atoms with van der Waals surface area (Å²) in [6, 6.07) is 14.2. The molecule has 2 atom stereocenters. The Kier molecular flexibility index (Phi) is 5.39. The van der Waals surface area contributed by atoms with Gasteiger partial charge in [0.25, 0.3) is 0 Å². The van der Waals surface area contributed by atoms with Gasteiger partial charge in [0.15, 0.2) is 0 Å². The Morgan fingerprint density at radius 3 is 2.43 bits per heavy atom. The van der Waals surface area contributed by atoms with Gasteiger partial charge in [-0.2, -0.15) is 0 Å². The Balaban J connectivity index is 2.26. The van der Waals surface area contributed by atoms with Crippen molar-refractivity contribution >= 4 is 19.3 Å². The third kappa shape index (κ3) is 4.56. The number of carbonyl (C=O) groups is 1. The van der Waals surface area contributed by atoms with Crippen LogP contribution < -0.4 is 10.3 Å². The van der Waals surface area contributed by atoms with Crippen LogP contribution in [0.5, 0.6) is 5.75 Å². The second kappa shape index (κ2) is 7.28. The molecule has 2 aromatic carbocycles. The van der Waals surface area contributed by atoms with Crippen molar-refractivity contribution in [2.75, 3.05) is 11.9 Å². The minimum absolute atomic E-state index is 0.196. The molecule has 23 heavy (non-hydrogen) atoms. The topological polar surface area (TPSA) is 119 Å². The zero-order valence-electron chi connectivity index (χ0n) is 12.0. The number of aliphatic carboxylic acids is 1. The van der Waals surface area contributed by atoms with E-state index in [2.05, 4.69) is 4.67 Å². The van der Waals surface area contributed by atoms with Gasteiger partial charge in [-0.3, -0.25) is 4.79 Å². The summed E-state index contributed by atoms with van der Waals surface area (Å²) in [4.78, 5) is 11.5. The minimum Gasteiger partial charge on any atom is -0.481 e. The van der Waals surface area contributed by atoms with E-state index in [9.17, 15) is 14.5 Å². The van der Waals surface area contributed by atoms with Crippen molar-refractivity contribution in [2.45, 2.75) is 5.92 Å². The molecule has 0 radical (unpaired) electrons. The number of benzene rings is 2. The molecule has 8 heteroatoms. The number of hydrogen-bond donors (Lipinski definition) is 3. The maximum absolute atomic E-state index is 12.5. The van der Waals surface area contributed by atoms with Gasteiger partial charge in [-0.1, -0.05) is 30.3 Å². The maximum Gasteiger partial charge on any atom is 0.407 e. The number of hydrogen-bond acceptors (Lipinski definition) is 6. The number of anilines is 1. The lowest BCUT2D eigenvalue weighted by atomic mass is 10.0. The lowest BCUT2D eigenvalue weighted by Gasteiger charge is -2.20. The molecular weight excluding hydrogens is 321 g/mol. The second-order valence-corrected chi connectivity index (χ2v) is 6.77. The maximum atomic E-state index is 12.5. The molecule has 0 heterocycles. The van der Waals surface area contributed by atoms with Crippen LogP contribution in [0.4, 0.5) is 5.69 Å². The zero-order valence-corrected chi connectivity index (χ0v) is 12.9. The van der Waals surface area contributed by atoms with Gasteiger partial charge in [-0.25, -0.2) is 9.82 Å². The molecule has 2 aromatic rings. The summed E-state index contributed by atoms with van der Waals surface area (Å²) in [7, 11) is -4.08. The molecule has 7 nitrogen and oxygen atoms in total. The molecule has 122 valence electrons. The van der Waals surface area contributed by atoms with E-state index in [-0.39, 0.29) is 5.75 Å². The monoisotopic (exact) mass is 337 g/mol. The van der Waals surface area contributed by atoms with Crippen LogP contribution in [0.1, 0.15) is 11.5 Å². The van der Waals surface area contributed by atoms with Crippen molar-refractivity contribution in [3.63, 3.8) is 0 Å². The summed E-state index contributed by atoms with van der Waals surface area (Å²) in [6.07, 6.45) is -0.544. The van der Waals surface area contributed by atoms with Gasteiger partial charge >= 0.3 is 13.6 Å². The summed E-state index contributed by atoms with van der Waals surface area (Å²) in [5.41, 5.74) is 6.35. The van der Waals surface area contributed by atoms with Gasteiger partial charge in [0.1, 0.15) is 5.75 Å². The fourth-order valence-electron chi connectivity index (χ4n) is 2.05. The third-order valence-electron chi connectivity index (χ3n) is 3.13. The van der Waals surface area contributed by atoms with E-state index in [1.54, 1.807) is 36.4 Å². The Hall–Kier alpha value is -2.34. The first-order valence-corrected chi connectivity index (χ1v) is 8.41. The van der Waals surface area contributed by atoms with E-state index < -0.39 is 25.6 Å². The first-order chi connectivity index (χ1) is 10.9. The SMILES string of the molecule is Nc1cccc(C(CP(=O)(OO)Oc2ccccc2)C(=O)O)c1. The molecule has 0 saturated heterocycles. The molecule has 0 fully saturated rings. The largest absolute Gasteiger partial charge is 0.481 e. The van der Waals surface area contributed by atoms with E-state index in [1.165, 1.54) is 18.2 Å². The average Bonchev–Trinajstić information content (AvgIpc) is 2.53. The first kappa shape index (κ1) is 17.0. The normalized spacial score (nSPS) is 14.7. The number of nitrogens with two attached hydrogens (primary N) is 1. The molecule has 0 bridgehead atoms. The molecule has 0 aromatic heterocycles. The Labute approximate surface area is 132 Å². The smallest absolute Gasteiger partial charge is 0.407 e. The van der Waals surface area contributed by atoms with Crippen LogP contribution in [-0.2, 0) is 14.0 Å². The van der Waals surface area contributed by atoms with Gasteiger partial charge in [-0.15, -0.1) is 4.67 Å². The fourth-order valence-corrected chi connectivity index (χ4v) is 3.49. The van der Waals surface area contributed by atoms with Crippen molar-refractivity contribution < 1.29 is 28.9 Å². The van der Waals surface area contributed by atoms with E-state index >= 15 is 0 Å². The van der Waals surface area contributed by atoms with Crippen LogP contribution in [0.3, 0.4) is 0 Å². The standard InChI is InChI=1S/C15H16NO6P/c16-12-6-4-5-11(9-12)14(15(17)18)10-23(20,22-19)21-13-7-2-1-3-8-13/h1-9,14,19H,10,16H2,(H,17,18). The molecular formula is C15H16NO6P. The Bertz CT molecular complexity index is 721. The average molecular weight is 337 g/mol. The highest BCUT2D eigenvalue weighted by atomic mass is 31.2. The molecule has 2 unspecified atom stereocenters. The van der Waals surface area contributed by atoms with Gasteiger partial charge in [-0.05, 0) is 29.8 Å². The van der Waals surface area contributed by atoms with Gasteiger partial charge in [0.05, 0.1) is 12.1 Å². The molecule has 0 saturated carbocycles. The van der Waals surface area contributed by atoms with E-state index in [4.69, 9.17) is 15.5 Å². The Morgan fingerprint density at radius 2 is 1.87 bits per heavy atom. The molecule has 0 aliphatic carbocycles. The molecule has 0 aliphatic rings. The molecule has 0 spiro atoms. The predicted molar refractivity (Wildman–Crippen MR) is 84.5 cm³/mol. The highest BCUT2D eigenvalue weighted by molar-refractivity contribution is 7.54. The van der Waals surface area contributed by atoms with Crippen LogP contribution in [0.25, 0.3) is 0 Å². The number of para-hydroxylation sites is 1.